The van der Waals surface area contributed by atoms with Crippen LogP contribution in [0.2, 0.25) is 0 Å². The Morgan fingerprint density at radius 2 is 2.19 bits per heavy atom. The molecule has 0 radical (unpaired) electrons. The fraction of sp³-hybridized carbons (Fsp3) is 0.467. The molecule has 3 rings (SSSR count). The number of carbonyl (C=O) groups excluding carboxylic acids is 1. The van der Waals surface area contributed by atoms with Crippen molar-refractivity contribution in [2.45, 2.75) is 31.9 Å². The van der Waals surface area contributed by atoms with Gasteiger partial charge in [0.05, 0.1) is 11.6 Å². The molecule has 1 saturated heterocycles. The molecule has 0 saturated carbocycles. The zero-order valence-corrected chi connectivity index (χ0v) is 12.0. The predicted octanol–water partition coefficient (Wildman–Crippen LogP) is 1.53. The lowest BCUT2D eigenvalue weighted by Gasteiger charge is -2.32. The second-order valence-corrected chi connectivity index (χ2v) is 6.05. The largest absolute Gasteiger partial charge is 0.481 e. The Labute approximate surface area is 122 Å². The van der Waals surface area contributed by atoms with Gasteiger partial charge in [0.25, 0.3) is 5.91 Å². The highest BCUT2D eigenvalue weighted by atomic mass is 16.5. The minimum atomic E-state index is -0.880. The molecule has 2 aliphatic rings. The van der Waals surface area contributed by atoms with Crippen molar-refractivity contribution in [2.24, 2.45) is 5.92 Å². The minimum Gasteiger partial charge on any atom is -0.481 e. The van der Waals surface area contributed by atoms with E-state index >= 15 is 0 Å². The molecule has 1 aromatic rings. The number of aliphatic carboxylic acids is 1. The Morgan fingerprint density at radius 3 is 2.86 bits per heavy atom. The number of rotatable bonds is 2. The maximum absolute atomic E-state index is 11.9. The Balaban J connectivity index is 1.83. The number of hydrogen-bond acceptors (Lipinski definition) is 4. The number of amides is 1. The van der Waals surface area contributed by atoms with E-state index in [4.69, 9.17) is 9.84 Å². The number of benzene rings is 1. The molecule has 0 spiro atoms. The van der Waals surface area contributed by atoms with Crippen molar-refractivity contribution in [3.8, 4) is 5.75 Å². The molecule has 1 fully saturated rings. The maximum atomic E-state index is 11.9. The number of carboxylic acids is 1. The molecule has 1 aromatic carbocycles. The normalized spacial score (nSPS) is 26.7. The molecule has 21 heavy (non-hydrogen) atoms. The SMILES string of the molecule is CC1(C)Oc2ccc(C3CC(C(=O)O)CN3)cc2NC1=O. The van der Waals surface area contributed by atoms with E-state index in [1.165, 1.54) is 0 Å². The van der Waals surface area contributed by atoms with Gasteiger partial charge in [-0.25, -0.2) is 0 Å². The van der Waals surface area contributed by atoms with E-state index in [2.05, 4.69) is 10.6 Å². The van der Waals surface area contributed by atoms with Crippen LogP contribution < -0.4 is 15.4 Å². The fourth-order valence-corrected chi connectivity index (χ4v) is 2.72. The second-order valence-electron chi connectivity index (χ2n) is 6.05. The average molecular weight is 290 g/mol. The van der Waals surface area contributed by atoms with Crippen molar-refractivity contribution in [1.82, 2.24) is 5.32 Å². The molecule has 0 aromatic heterocycles. The van der Waals surface area contributed by atoms with Gasteiger partial charge in [-0.3, -0.25) is 9.59 Å². The number of ether oxygens (including phenoxy) is 1. The van der Waals surface area contributed by atoms with Gasteiger partial charge >= 0.3 is 5.97 Å². The first-order valence-corrected chi connectivity index (χ1v) is 6.97. The first kappa shape index (κ1) is 13.9. The number of carboxylic acid groups (broad SMARTS) is 1. The van der Waals surface area contributed by atoms with Crippen molar-refractivity contribution in [1.29, 1.82) is 0 Å². The van der Waals surface area contributed by atoms with Crippen molar-refractivity contribution < 1.29 is 19.4 Å². The summed E-state index contributed by atoms with van der Waals surface area (Å²) >= 11 is 0. The van der Waals surface area contributed by atoms with Gasteiger partial charge in [0.1, 0.15) is 5.75 Å². The molecule has 112 valence electrons. The quantitative estimate of drug-likeness (QED) is 0.769. The maximum Gasteiger partial charge on any atom is 0.307 e. The van der Waals surface area contributed by atoms with Crippen molar-refractivity contribution in [2.75, 3.05) is 11.9 Å². The van der Waals surface area contributed by atoms with E-state index in [1.54, 1.807) is 13.8 Å². The minimum absolute atomic E-state index is 0.0109. The Hall–Kier alpha value is -2.08. The third kappa shape index (κ3) is 2.47. The zero-order valence-electron chi connectivity index (χ0n) is 12.0. The molecule has 3 N–H and O–H groups in total. The van der Waals surface area contributed by atoms with Crippen LogP contribution in [0.15, 0.2) is 18.2 Å². The van der Waals surface area contributed by atoms with Gasteiger partial charge in [0.2, 0.25) is 0 Å². The molecule has 2 heterocycles. The van der Waals surface area contributed by atoms with Gasteiger partial charge in [-0.05, 0) is 38.0 Å². The summed E-state index contributed by atoms with van der Waals surface area (Å²) in [5.74, 6) is -0.691. The summed E-state index contributed by atoms with van der Waals surface area (Å²) in [5, 5.41) is 15.1. The summed E-state index contributed by atoms with van der Waals surface area (Å²) in [6.07, 6.45) is 0.550. The number of anilines is 1. The van der Waals surface area contributed by atoms with E-state index < -0.39 is 11.6 Å². The van der Waals surface area contributed by atoms with Crippen molar-refractivity contribution in [3.63, 3.8) is 0 Å². The highest BCUT2D eigenvalue weighted by Crippen LogP contribution is 2.37. The van der Waals surface area contributed by atoms with Crippen molar-refractivity contribution >= 4 is 17.6 Å². The molecular formula is C15H18N2O4. The van der Waals surface area contributed by atoms with Gasteiger partial charge in [-0.1, -0.05) is 6.07 Å². The lowest BCUT2D eigenvalue weighted by Crippen LogP contribution is -2.45. The smallest absolute Gasteiger partial charge is 0.307 e. The summed E-state index contributed by atoms with van der Waals surface area (Å²) < 4.78 is 5.68. The number of fused-ring (bicyclic) bond motifs is 1. The number of hydrogen-bond donors (Lipinski definition) is 3. The zero-order chi connectivity index (χ0) is 15.2. The monoisotopic (exact) mass is 290 g/mol. The lowest BCUT2D eigenvalue weighted by atomic mass is 9.98. The van der Waals surface area contributed by atoms with Gasteiger partial charge in [-0.2, -0.15) is 0 Å². The van der Waals surface area contributed by atoms with Crippen LogP contribution in [0.3, 0.4) is 0 Å². The highest BCUT2D eigenvalue weighted by molar-refractivity contribution is 6.00. The van der Waals surface area contributed by atoms with Crippen LogP contribution in [0, 0.1) is 5.92 Å². The summed E-state index contributed by atoms with van der Waals surface area (Å²) in [7, 11) is 0. The fourth-order valence-electron chi connectivity index (χ4n) is 2.72. The first-order valence-electron chi connectivity index (χ1n) is 6.97. The van der Waals surface area contributed by atoms with Crippen LogP contribution in [0.25, 0.3) is 0 Å². The Bertz CT molecular complexity index is 612. The van der Waals surface area contributed by atoms with Crippen LogP contribution in [0.4, 0.5) is 5.69 Å². The Kier molecular flexibility index (Phi) is 3.13. The van der Waals surface area contributed by atoms with Gasteiger partial charge in [0.15, 0.2) is 5.60 Å². The first-order chi connectivity index (χ1) is 9.87. The average Bonchev–Trinajstić information content (AvgIpc) is 2.89. The third-order valence-corrected chi connectivity index (χ3v) is 4.05. The van der Waals surface area contributed by atoms with Crippen LogP contribution in [-0.4, -0.2) is 29.1 Å². The topological polar surface area (TPSA) is 87.7 Å². The molecule has 0 aliphatic carbocycles. The third-order valence-electron chi connectivity index (χ3n) is 4.05. The van der Waals surface area contributed by atoms with Crippen LogP contribution in [0.1, 0.15) is 31.9 Å². The van der Waals surface area contributed by atoms with E-state index in [-0.39, 0.29) is 17.9 Å². The standard InChI is InChI=1S/C15H18N2O4/c1-15(2)14(20)17-11-5-8(3-4-12(11)21-15)10-6-9(7-16-10)13(18)19/h3-5,9-10,16H,6-7H2,1-2H3,(H,17,20)(H,18,19). The van der Waals surface area contributed by atoms with E-state index in [0.29, 0.717) is 24.4 Å². The van der Waals surface area contributed by atoms with E-state index in [0.717, 1.165) is 5.56 Å². The van der Waals surface area contributed by atoms with Crippen molar-refractivity contribution in [3.05, 3.63) is 23.8 Å². The van der Waals surface area contributed by atoms with Gasteiger partial charge < -0.3 is 20.5 Å². The molecule has 1 amide bonds. The number of carbonyl (C=O) groups is 2. The number of nitrogens with one attached hydrogen (secondary N) is 2. The van der Waals surface area contributed by atoms with Crippen LogP contribution in [-0.2, 0) is 9.59 Å². The molecule has 2 aliphatic heterocycles. The molecule has 2 unspecified atom stereocenters. The van der Waals surface area contributed by atoms with Crippen LogP contribution >= 0.6 is 0 Å². The van der Waals surface area contributed by atoms with Gasteiger partial charge in [-0.15, -0.1) is 0 Å². The second kappa shape index (κ2) is 4.73. The predicted molar refractivity (Wildman–Crippen MR) is 76.3 cm³/mol. The lowest BCUT2D eigenvalue weighted by molar-refractivity contribution is -0.141. The molecule has 0 bridgehead atoms. The van der Waals surface area contributed by atoms with E-state index in [9.17, 15) is 9.59 Å². The molecular weight excluding hydrogens is 272 g/mol. The van der Waals surface area contributed by atoms with Gasteiger partial charge in [0, 0.05) is 12.6 Å². The molecule has 6 heteroatoms. The highest BCUT2D eigenvalue weighted by Gasteiger charge is 2.36. The summed E-state index contributed by atoms with van der Waals surface area (Å²) in [4.78, 5) is 22.9. The molecule has 6 nitrogen and oxygen atoms in total. The summed E-state index contributed by atoms with van der Waals surface area (Å²) in [6.45, 7) is 3.90. The van der Waals surface area contributed by atoms with E-state index in [1.807, 2.05) is 18.2 Å². The summed E-state index contributed by atoms with van der Waals surface area (Å²) in [6, 6.07) is 5.57. The Morgan fingerprint density at radius 1 is 1.43 bits per heavy atom. The van der Waals surface area contributed by atoms with Crippen LogP contribution in [0.5, 0.6) is 5.75 Å². The summed E-state index contributed by atoms with van der Waals surface area (Å²) in [5.41, 5.74) is 0.715. The molecule has 2 atom stereocenters.